The van der Waals surface area contributed by atoms with Crippen LogP contribution < -0.4 is 4.72 Å². The number of H-pyrrole nitrogens is 1. The second-order valence-corrected chi connectivity index (χ2v) is 5.96. The van der Waals surface area contributed by atoms with Crippen LogP contribution in [-0.4, -0.2) is 35.5 Å². The van der Waals surface area contributed by atoms with E-state index in [1.807, 2.05) is 0 Å². The van der Waals surface area contributed by atoms with Crippen LogP contribution in [0.5, 0.6) is 0 Å². The van der Waals surface area contributed by atoms with Crippen molar-refractivity contribution in [2.45, 2.75) is 17.4 Å². The van der Waals surface area contributed by atoms with Gasteiger partial charge in [0.25, 0.3) is 0 Å². The molecule has 0 saturated carbocycles. The van der Waals surface area contributed by atoms with E-state index in [1.54, 1.807) is 0 Å². The third-order valence-electron chi connectivity index (χ3n) is 2.70. The number of nitrogens with zero attached hydrogens (tertiary/aromatic N) is 1. The van der Waals surface area contributed by atoms with E-state index in [2.05, 4.69) is 14.7 Å². The van der Waals surface area contributed by atoms with Crippen molar-refractivity contribution in [1.82, 2.24) is 14.7 Å². The Kier molecular flexibility index (Phi) is 4.34. The summed E-state index contributed by atoms with van der Waals surface area (Å²) in [4.78, 5) is 17.4. The molecule has 7 nitrogen and oxygen atoms in total. The minimum absolute atomic E-state index is 0.0875. The Labute approximate surface area is 119 Å². The Morgan fingerprint density at radius 3 is 2.57 bits per heavy atom. The quantitative estimate of drug-likeness (QED) is 0.720. The molecule has 0 unspecified atom stereocenters. The SMILES string of the molecule is O=C(O)[C@@H](Cc1cnc[nH]1)NS(=O)(=O)c1ccc(F)cc1. The zero-order valence-corrected chi connectivity index (χ0v) is 11.5. The van der Waals surface area contributed by atoms with Gasteiger partial charge in [0.15, 0.2) is 0 Å². The molecule has 0 fully saturated rings. The van der Waals surface area contributed by atoms with Crippen LogP contribution in [0.2, 0.25) is 0 Å². The molecule has 21 heavy (non-hydrogen) atoms. The number of carboxylic acids is 1. The number of halogens is 1. The number of carbonyl (C=O) groups is 1. The number of aromatic amines is 1. The second-order valence-electron chi connectivity index (χ2n) is 4.25. The van der Waals surface area contributed by atoms with Gasteiger partial charge in [0.1, 0.15) is 11.9 Å². The number of aliphatic carboxylic acids is 1. The van der Waals surface area contributed by atoms with Gasteiger partial charge in [-0.1, -0.05) is 0 Å². The Balaban J connectivity index is 2.19. The van der Waals surface area contributed by atoms with Crippen molar-refractivity contribution in [1.29, 1.82) is 0 Å². The lowest BCUT2D eigenvalue weighted by Gasteiger charge is -2.14. The van der Waals surface area contributed by atoms with E-state index in [1.165, 1.54) is 12.5 Å². The van der Waals surface area contributed by atoms with Crippen LogP contribution >= 0.6 is 0 Å². The number of sulfonamides is 1. The number of rotatable bonds is 6. The van der Waals surface area contributed by atoms with Gasteiger partial charge in [0.05, 0.1) is 11.2 Å². The van der Waals surface area contributed by atoms with E-state index < -0.39 is 27.9 Å². The van der Waals surface area contributed by atoms with Crippen LogP contribution in [0.1, 0.15) is 5.69 Å². The van der Waals surface area contributed by atoms with Gasteiger partial charge in [0.2, 0.25) is 10.0 Å². The summed E-state index contributed by atoms with van der Waals surface area (Å²) in [5.74, 6) is -1.91. The zero-order chi connectivity index (χ0) is 15.5. The lowest BCUT2D eigenvalue weighted by Crippen LogP contribution is -2.42. The summed E-state index contributed by atoms with van der Waals surface area (Å²) >= 11 is 0. The van der Waals surface area contributed by atoms with Crippen molar-refractivity contribution in [2.75, 3.05) is 0 Å². The maximum absolute atomic E-state index is 12.8. The topological polar surface area (TPSA) is 112 Å². The zero-order valence-electron chi connectivity index (χ0n) is 10.7. The Morgan fingerprint density at radius 1 is 1.38 bits per heavy atom. The van der Waals surface area contributed by atoms with Gasteiger partial charge in [-0.05, 0) is 24.3 Å². The maximum atomic E-state index is 12.8. The fraction of sp³-hybridized carbons (Fsp3) is 0.167. The molecule has 0 radical (unpaired) electrons. The predicted molar refractivity (Wildman–Crippen MR) is 70.4 cm³/mol. The molecule has 112 valence electrons. The van der Waals surface area contributed by atoms with Gasteiger partial charge < -0.3 is 10.1 Å². The molecule has 2 rings (SSSR count). The molecule has 0 amide bonds. The summed E-state index contributed by atoms with van der Waals surface area (Å²) in [6, 6.07) is 2.73. The van der Waals surface area contributed by atoms with Gasteiger partial charge in [-0.25, -0.2) is 17.8 Å². The number of aromatic nitrogens is 2. The van der Waals surface area contributed by atoms with E-state index in [9.17, 15) is 17.6 Å². The summed E-state index contributed by atoms with van der Waals surface area (Å²) in [6.07, 6.45) is 2.68. The molecule has 1 atom stereocenters. The molecule has 1 aromatic heterocycles. The van der Waals surface area contributed by atoms with Crippen LogP contribution in [-0.2, 0) is 21.2 Å². The Hall–Kier alpha value is -2.26. The summed E-state index contributed by atoms with van der Waals surface area (Å²) in [5, 5.41) is 9.11. The summed E-state index contributed by atoms with van der Waals surface area (Å²) in [5.41, 5.74) is 0.476. The molecule has 1 heterocycles. The molecule has 9 heteroatoms. The molecule has 0 aliphatic carbocycles. The summed E-state index contributed by atoms with van der Waals surface area (Å²) in [6.45, 7) is 0. The van der Waals surface area contributed by atoms with Crippen LogP contribution in [0, 0.1) is 5.82 Å². The van der Waals surface area contributed by atoms with Crippen LogP contribution in [0.4, 0.5) is 4.39 Å². The highest BCUT2D eigenvalue weighted by Gasteiger charge is 2.26. The van der Waals surface area contributed by atoms with Crippen molar-refractivity contribution >= 4 is 16.0 Å². The van der Waals surface area contributed by atoms with E-state index in [-0.39, 0.29) is 11.3 Å². The van der Waals surface area contributed by atoms with E-state index in [4.69, 9.17) is 5.11 Å². The average Bonchev–Trinajstić information content (AvgIpc) is 2.91. The monoisotopic (exact) mass is 313 g/mol. The van der Waals surface area contributed by atoms with E-state index in [0.29, 0.717) is 5.69 Å². The highest BCUT2D eigenvalue weighted by molar-refractivity contribution is 7.89. The highest BCUT2D eigenvalue weighted by Crippen LogP contribution is 2.11. The lowest BCUT2D eigenvalue weighted by atomic mass is 10.2. The van der Waals surface area contributed by atoms with Gasteiger partial charge in [-0.2, -0.15) is 4.72 Å². The first kappa shape index (κ1) is 15.1. The molecule has 0 bridgehead atoms. The second kappa shape index (κ2) is 6.02. The summed E-state index contributed by atoms with van der Waals surface area (Å²) < 4.78 is 39.0. The third kappa shape index (κ3) is 3.86. The number of hydrogen-bond donors (Lipinski definition) is 3. The molecule has 0 spiro atoms. The summed E-state index contributed by atoms with van der Waals surface area (Å²) in [7, 11) is -4.06. The van der Waals surface area contributed by atoms with E-state index in [0.717, 1.165) is 24.3 Å². The molecule has 0 saturated heterocycles. The molecule has 1 aromatic carbocycles. The molecule has 0 aliphatic rings. The number of hydrogen-bond acceptors (Lipinski definition) is 4. The first-order valence-electron chi connectivity index (χ1n) is 5.86. The largest absolute Gasteiger partial charge is 0.480 e. The minimum atomic E-state index is -4.06. The molecular formula is C12H12FN3O4S. The van der Waals surface area contributed by atoms with Crippen molar-refractivity contribution in [3.63, 3.8) is 0 Å². The van der Waals surface area contributed by atoms with Crippen molar-refractivity contribution < 1.29 is 22.7 Å². The predicted octanol–water partition coefficient (Wildman–Crippen LogP) is 0.523. The Bertz CT molecular complexity index is 713. The normalized spacial score (nSPS) is 13.0. The smallest absolute Gasteiger partial charge is 0.322 e. The maximum Gasteiger partial charge on any atom is 0.322 e. The van der Waals surface area contributed by atoms with Crippen LogP contribution in [0.25, 0.3) is 0 Å². The van der Waals surface area contributed by atoms with Gasteiger partial charge >= 0.3 is 5.97 Å². The first-order valence-corrected chi connectivity index (χ1v) is 7.35. The molecule has 0 aliphatic heterocycles. The van der Waals surface area contributed by atoms with Gasteiger partial charge in [-0.3, -0.25) is 4.79 Å². The first-order chi connectivity index (χ1) is 9.88. The van der Waals surface area contributed by atoms with Crippen LogP contribution in [0.3, 0.4) is 0 Å². The van der Waals surface area contributed by atoms with Gasteiger partial charge in [0, 0.05) is 18.3 Å². The highest BCUT2D eigenvalue weighted by atomic mass is 32.2. The average molecular weight is 313 g/mol. The van der Waals surface area contributed by atoms with Crippen LogP contribution in [0.15, 0.2) is 41.7 Å². The molecule has 3 N–H and O–H groups in total. The minimum Gasteiger partial charge on any atom is -0.480 e. The standard InChI is InChI=1S/C12H12FN3O4S/c13-8-1-3-10(4-2-8)21(19,20)16-11(12(17)18)5-9-6-14-7-15-9/h1-4,6-7,11,16H,5H2,(H,14,15)(H,17,18)/t11-/m1/s1. The third-order valence-corrected chi connectivity index (χ3v) is 4.19. The Morgan fingerprint density at radius 2 is 2.05 bits per heavy atom. The number of benzene rings is 1. The van der Waals surface area contributed by atoms with Crippen molar-refractivity contribution in [3.8, 4) is 0 Å². The molecular weight excluding hydrogens is 301 g/mol. The number of carboxylic acid groups (broad SMARTS) is 1. The fourth-order valence-corrected chi connectivity index (χ4v) is 2.85. The van der Waals surface area contributed by atoms with Crippen molar-refractivity contribution in [3.05, 3.63) is 48.3 Å². The number of imidazole rings is 1. The van der Waals surface area contributed by atoms with E-state index >= 15 is 0 Å². The van der Waals surface area contributed by atoms with Crippen molar-refractivity contribution in [2.24, 2.45) is 0 Å². The number of nitrogens with one attached hydrogen (secondary N) is 2. The lowest BCUT2D eigenvalue weighted by molar-refractivity contribution is -0.138. The molecule has 2 aromatic rings. The fourth-order valence-electron chi connectivity index (χ4n) is 1.66. The van der Waals surface area contributed by atoms with Gasteiger partial charge in [-0.15, -0.1) is 0 Å².